The summed E-state index contributed by atoms with van der Waals surface area (Å²) >= 11 is 12.5. The highest BCUT2D eigenvalue weighted by Crippen LogP contribution is 2.23. The first-order chi connectivity index (χ1) is 12.5. The number of carbonyl (C=O) groups is 3. The van der Waals surface area contributed by atoms with E-state index in [0.29, 0.717) is 22.2 Å². The molecule has 1 rings (SSSR count). The number of alkyl halides is 3. The number of carbonyl (C=O) groups excluding carboxylic acids is 3. The largest absolute Gasteiger partial charge is 0.450 e. The Labute approximate surface area is 168 Å². The van der Waals surface area contributed by atoms with Crippen molar-refractivity contribution < 1.29 is 27.6 Å². The van der Waals surface area contributed by atoms with E-state index in [0.717, 1.165) is 11.8 Å². The van der Waals surface area contributed by atoms with E-state index in [-0.39, 0.29) is 12.2 Å². The van der Waals surface area contributed by atoms with Gasteiger partial charge in [-0.3, -0.25) is 14.4 Å². The van der Waals surface area contributed by atoms with Crippen LogP contribution in [0.3, 0.4) is 0 Å². The first-order valence-electron chi connectivity index (χ1n) is 7.71. The van der Waals surface area contributed by atoms with Crippen LogP contribution < -0.4 is 10.6 Å². The summed E-state index contributed by atoms with van der Waals surface area (Å²) < 4.78 is 36.4. The molecule has 150 valence electrons. The summed E-state index contributed by atoms with van der Waals surface area (Å²) in [7, 11) is 0. The van der Waals surface area contributed by atoms with Gasteiger partial charge < -0.3 is 10.6 Å². The molecule has 0 radical (unpaired) electrons. The summed E-state index contributed by atoms with van der Waals surface area (Å²) in [5.74, 6) is -3.20. The van der Waals surface area contributed by atoms with Gasteiger partial charge in [0, 0.05) is 22.7 Å². The Bertz CT molecular complexity index is 682. The molecule has 11 heteroatoms. The van der Waals surface area contributed by atoms with E-state index >= 15 is 0 Å². The molecule has 0 aliphatic heterocycles. The number of hydrogen-bond donors (Lipinski definition) is 2. The summed E-state index contributed by atoms with van der Waals surface area (Å²) in [5, 5.41) is 5.69. The molecular weight excluding hydrogens is 428 g/mol. The molecule has 1 aromatic rings. The van der Waals surface area contributed by atoms with Crippen molar-refractivity contribution >= 4 is 58.2 Å². The van der Waals surface area contributed by atoms with Crippen molar-refractivity contribution in [2.24, 2.45) is 0 Å². The highest BCUT2D eigenvalue weighted by atomic mass is 35.5. The number of rotatable bonds is 9. The van der Waals surface area contributed by atoms with Crippen LogP contribution in [0, 0.1) is 0 Å². The minimum absolute atomic E-state index is 0.187. The third-order valence-corrected chi connectivity index (χ3v) is 4.63. The molecule has 0 aromatic heterocycles. The molecule has 0 aliphatic rings. The SMILES string of the molecule is CC(=O)N[C@@H](CCCSCC(=O)C(F)(F)F)C(=O)Nc1cc(Cl)cc(Cl)c1. The minimum atomic E-state index is -4.84. The fourth-order valence-corrected chi connectivity index (χ4v) is 3.40. The summed E-state index contributed by atoms with van der Waals surface area (Å²) in [6, 6.07) is 3.56. The Morgan fingerprint density at radius 3 is 2.26 bits per heavy atom. The predicted molar refractivity (Wildman–Crippen MR) is 100 cm³/mol. The van der Waals surface area contributed by atoms with Crippen LogP contribution in [0.15, 0.2) is 18.2 Å². The third kappa shape index (κ3) is 9.34. The van der Waals surface area contributed by atoms with Gasteiger partial charge in [-0.15, -0.1) is 0 Å². The molecule has 1 atom stereocenters. The lowest BCUT2D eigenvalue weighted by molar-refractivity contribution is -0.167. The highest BCUT2D eigenvalue weighted by Gasteiger charge is 2.37. The lowest BCUT2D eigenvalue weighted by Gasteiger charge is -2.18. The number of amides is 2. The second kappa shape index (κ2) is 10.8. The van der Waals surface area contributed by atoms with Crippen LogP contribution >= 0.6 is 35.0 Å². The summed E-state index contributed by atoms with van der Waals surface area (Å²) in [4.78, 5) is 34.4. The van der Waals surface area contributed by atoms with Gasteiger partial charge >= 0.3 is 6.18 Å². The summed E-state index contributed by atoms with van der Waals surface area (Å²) in [6.45, 7) is 1.24. The molecule has 0 unspecified atom stereocenters. The van der Waals surface area contributed by atoms with Crippen molar-refractivity contribution in [3.8, 4) is 0 Å². The predicted octanol–water partition coefficient (Wildman–Crippen LogP) is 4.08. The Morgan fingerprint density at radius 1 is 1.15 bits per heavy atom. The van der Waals surface area contributed by atoms with Crippen molar-refractivity contribution in [1.29, 1.82) is 0 Å². The maximum Gasteiger partial charge on any atom is 0.450 e. The van der Waals surface area contributed by atoms with Crippen LogP contribution in [0.4, 0.5) is 18.9 Å². The Morgan fingerprint density at radius 2 is 1.74 bits per heavy atom. The standard InChI is InChI=1S/C16H17Cl2F3N2O3S/c1-9(24)22-13(3-2-4-27-8-14(25)16(19,20)21)15(26)23-12-6-10(17)5-11(18)7-12/h5-7,13H,2-4,8H2,1H3,(H,22,24)(H,23,26)/t13-/m0/s1. The van der Waals surface area contributed by atoms with Gasteiger partial charge in [-0.2, -0.15) is 24.9 Å². The zero-order chi connectivity index (χ0) is 20.6. The number of thioether (sulfide) groups is 1. The molecule has 27 heavy (non-hydrogen) atoms. The molecular formula is C16H17Cl2F3N2O3S. The smallest absolute Gasteiger partial charge is 0.345 e. The van der Waals surface area contributed by atoms with Crippen LogP contribution in [0.1, 0.15) is 19.8 Å². The Balaban J connectivity index is 2.55. The van der Waals surface area contributed by atoms with Gasteiger partial charge in [-0.25, -0.2) is 0 Å². The number of Topliss-reactive ketones (excluding diaryl/α,β-unsaturated/α-hetero) is 1. The average molecular weight is 445 g/mol. The zero-order valence-electron chi connectivity index (χ0n) is 14.2. The number of benzene rings is 1. The van der Waals surface area contributed by atoms with Crippen LogP contribution in [-0.2, 0) is 14.4 Å². The molecule has 0 aliphatic carbocycles. The molecule has 1 aromatic carbocycles. The molecule has 0 fully saturated rings. The number of hydrogen-bond acceptors (Lipinski definition) is 4. The van der Waals surface area contributed by atoms with E-state index in [1.165, 1.54) is 25.1 Å². The molecule has 5 nitrogen and oxygen atoms in total. The van der Waals surface area contributed by atoms with Gasteiger partial charge in [0.1, 0.15) is 6.04 Å². The van der Waals surface area contributed by atoms with E-state index in [1.807, 2.05) is 0 Å². The maximum atomic E-state index is 12.4. The topological polar surface area (TPSA) is 75.3 Å². The van der Waals surface area contributed by atoms with Crippen molar-refractivity contribution in [1.82, 2.24) is 5.32 Å². The van der Waals surface area contributed by atoms with Gasteiger partial charge in [0.25, 0.3) is 0 Å². The van der Waals surface area contributed by atoms with Crippen LogP contribution in [-0.4, -0.2) is 41.3 Å². The second-order valence-electron chi connectivity index (χ2n) is 5.52. The number of anilines is 1. The quantitative estimate of drug-likeness (QED) is 0.562. The molecule has 0 spiro atoms. The van der Waals surface area contributed by atoms with E-state index < -0.39 is 35.6 Å². The van der Waals surface area contributed by atoms with Crippen molar-refractivity contribution in [2.75, 3.05) is 16.8 Å². The summed E-state index contributed by atoms with van der Waals surface area (Å²) in [5.41, 5.74) is 0.345. The highest BCUT2D eigenvalue weighted by molar-refractivity contribution is 7.99. The Hall–Kier alpha value is -1.45. The van der Waals surface area contributed by atoms with Gasteiger partial charge in [-0.1, -0.05) is 23.2 Å². The number of ketones is 1. The van der Waals surface area contributed by atoms with Crippen LogP contribution in [0.2, 0.25) is 10.0 Å². The normalized spacial score (nSPS) is 12.4. The van der Waals surface area contributed by atoms with E-state index in [1.54, 1.807) is 0 Å². The van der Waals surface area contributed by atoms with E-state index in [2.05, 4.69) is 10.6 Å². The van der Waals surface area contributed by atoms with Gasteiger partial charge in [-0.05, 0) is 36.8 Å². The Kier molecular flexibility index (Phi) is 9.41. The lowest BCUT2D eigenvalue weighted by atomic mass is 10.1. The van der Waals surface area contributed by atoms with Gasteiger partial charge in [0.05, 0.1) is 5.75 Å². The van der Waals surface area contributed by atoms with Crippen LogP contribution in [0.5, 0.6) is 0 Å². The first-order valence-corrected chi connectivity index (χ1v) is 9.62. The fraction of sp³-hybridized carbons (Fsp3) is 0.438. The monoisotopic (exact) mass is 444 g/mol. The molecule has 0 saturated carbocycles. The van der Waals surface area contributed by atoms with Crippen LogP contribution in [0.25, 0.3) is 0 Å². The van der Waals surface area contributed by atoms with E-state index in [9.17, 15) is 27.6 Å². The van der Waals surface area contributed by atoms with Crippen molar-refractivity contribution in [3.05, 3.63) is 28.2 Å². The molecule has 2 N–H and O–H groups in total. The second-order valence-corrected chi connectivity index (χ2v) is 7.49. The number of halogens is 5. The minimum Gasteiger partial charge on any atom is -0.345 e. The van der Waals surface area contributed by atoms with Crippen molar-refractivity contribution in [2.45, 2.75) is 32.0 Å². The maximum absolute atomic E-state index is 12.4. The molecule has 2 amide bonds. The van der Waals surface area contributed by atoms with Gasteiger partial charge in [0.2, 0.25) is 17.6 Å². The van der Waals surface area contributed by atoms with Gasteiger partial charge in [0.15, 0.2) is 0 Å². The lowest BCUT2D eigenvalue weighted by Crippen LogP contribution is -2.43. The third-order valence-electron chi connectivity index (χ3n) is 3.15. The fourth-order valence-electron chi connectivity index (χ4n) is 2.01. The molecule has 0 saturated heterocycles. The average Bonchev–Trinajstić information content (AvgIpc) is 2.50. The first kappa shape index (κ1) is 23.6. The molecule has 0 heterocycles. The summed E-state index contributed by atoms with van der Waals surface area (Å²) in [6.07, 6.45) is -4.33. The molecule has 0 bridgehead atoms. The zero-order valence-corrected chi connectivity index (χ0v) is 16.5. The number of nitrogens with one attached hydrogen (secondary N) is 2. The van der Waals surface area contributed by atoms with Crippen molar-refractivity contribution in [3.63, 3.8) is 0 Å². The van der Waals surface area contributed by atoms with E-state index in [4.69, 9.17) is 23.2 Å².